The van der Waals surface area contributed by atoms with E-state index in [2.05, 4.69) is 15.2 Å². The molecule has 6 rings (SSSR count). The van der Waals surface area contributed by atoms with Crippen molar-refractivity contribution in [1.82, 2.24) is 4.98 Å². The molecule has 4 aliphatic carbocycles. The first kappa shape index (κ1) is 17.9. The van der Waals surface area contributed by atoms with Crippen LogP contribution in [0.4, 0.5) is 10.8 Å². The highest BCUT2D eigenvalue weighted by Gasteiger charge is 2.54. The van der Waals surface area contributed by atoms with E-state index >= 15 is 0 Å². The average molecular weight is 396 g/mol. The second-order valence-electron chi connectivity index (χ2n) is 8.83. The van der Waals surface area contributed by atoms with Crippen molar-refractivity contribution in [2.45, 2.75) is 51.0 Å². The van der Waals surface area contributed by atoms with Gasteiger partial charge in [-0.2, -0.15) is 0 Å². The van der Waals surface area contributed by atoms with E-state index in [1.807, 2.05) is 29.6 Å². The van der Waals surface area contributed by atoms with Crippen LogP contribution in [0.3, 0.4) is 0 Å². The number of hydrogen-bond acceptors (Lipinski definition) is 4. The predicted molar refractivity (Wildman–Crippen MR) is 111 cm³/mol. The van der Waals surface area contributed by atoms with E-state index in [9.17, 15) is 9.59 Å². The van der Waals surface area contributed by atoms with Crippen LogP contribution in [0, 0.1) is 17.8 Å². The Balaban J connectivity index is 1.40. The highest BCUT2D eigenvalue weighted by atomic mass is 32.1. The molecule has 1 aromatic heterocycles. The van der Waals surface area contributed by atoms with Gasteiger partial charge in [-0.25, -0.2) is 4.98 Å². The van der Waals surface area contributed by atoms with Crippen LogP contribution in [0.2, 0.25) is 0 Å². The molecule has 0 saturated heterocycles. The average Bonchev–Trinajstić information content (AvgIpc) is 3.13. The zero-order valence-electron chi connectivity index (χ0n) is 16.1. The number of rotatable bonds is 4. The van der Waals surface area contributed by atoms with Gasteiger partial charge in [-0.15, -0.1) is 11.3 Å². The molecule has 0 atom stereocenters. The van der Waals surface area contributed by atoms with E-state index in [1.54, 1.807) is 13.1 Å². The molecule has 2 aromatic rings. The summed E-state index contributed by atoms with van der Waals surface area (Å²) in [5, 5.41) is 5.23. The van der Waals surface area contributed by atoms with E-state index in [0.29, 0.717) is 10.7 Å². The Morgan fingerprint density at radius 2 is 1.68 bits per heavy atom. The summed E-state index contributed by atoms with van der Waals surface area (Å²) in [4.78, 5) is 31.3. The Labute approximate surface area is 169 Å². The minimum Gasteiger partial charge on any atom is -0.307 e. The third-order valence-electron chi connectivity index (χ3n) is 6.84. The summed E-state index contributed by atoms with van der Waals surface area (Å²) in [7, 11) is 0. The molecule has 4 bridgehead atoms. The fraction of sp³-hybridized carbons (Fsp3) is 0.500. The molecule has 2 amide bonds. The fourth-order valence-electron chi connectivity index (χ4n) is 6.34. The van der Waals surface area contributed by atoms with Gasteiger partial charge in [-0.05, 0) is 80.5 Å². The highest BCUT2D eigenvalue weighted by molar-refractivity contribution is 7.13. The molecular weight excluding hydrogens is 370 g/mol. The van der Waals surface area contributed by atoms with E-state index in [-0.39, 0.29) is 17.4 Å². The largest absolute Gasteiger partial charge is 0.307 e. The van der Waals surface area contributed by atoms with Crippen molar-refractivity contribution in [2.24, 2.45) is 17.8 Å². The van der Waals surface area contributed by atoms with Gasteiger partial charge in [-0.1, -0.05) is 0 Å². The van der Waals surface area contributed by atoms with Crippen molar-refractivity contribution in [3.05, 3.63) is 41.4 Å². The lowest BCUT2D eigenvalue weighted by Gasteiger charge is -2.60. The van der Waals surface area contributed by atoms with Crippen molar-refractivity contribution >= 4 is 34.0 Å². The summed E-state index contributed by atoms with van der Waals surface area (Å²) in [6.45, 7) is 1.68. The van der Waals surface area contributed by atoms with Crippen LogP contribution < -0.4 is 10.2 Å². The van der Waals surface area contributed by atoms with E-state index in [4.69, 9.17) is 0 Å². The zero-order chi connectivity index (χ0) is 19.3. The number of anilines is 2. The first-order chi connectivity index (χ1) is 13.5. The molecule has 6 heteroatoms. The van der Waals surface area contributed by atoms with Crippen molar-refractivity contribution in [3.63, 3.8) is 0 Å². The monoisotopic (exact) mass is 395 g/mol. The predicted octanol–water partition coefficient (Wildman–Crippen LogP) is 4.72. The zero-order valence-corrected chi connectivity index (χ0v) is 16.9. The van der Waals surface area contributed by atoms with Crippen molar-refractivity contribution in [2.75, 3.05) is 10.2 Å². The highest BCUT2D eigenvalue weighted by Crippen LogP contribution is 2.58. The smallest absolute Gasteiger partial charge is 0.257 e. The van der Waals surface area contributed by atoms with Crippen LogP contribution in [0.5, 0.6) is 0 Å². The summed E-state index contributed by atoms with van der Waals surface area (Å²) >= 11 is 1.39. The van der Waals surface area contributed by atoms with Gasteiger partial charge in [0.15, 0.2) is 5.13 Å². The first-order valence-corrected chi connectivity index (χ1v) is 11.0. The molecule has 0 aliphatic heterocycles. The molecule has 28 heavy (non-hydrogen) atoms. The SMILES string of the molecule is CC(=O)N(c1ccc(C(=O)Nc2nccs2)cc1)C12CC3CC(CC(C3)C1)C2. The topological polar surface area (TPSA) is 62.3 Å². The molecule has 0 unspecified atom stereocenters. The number of aromatic nitrogens is 1. The van der Waals surface area contributed by atoms with Gasteiger partial charge in [0.25, 0.3) is 5.91 Å². The number of nitrogens with one attached hydrogen (secondary N) is 1. The Kier molecular flexibility index (Phi) is 4.27. The Hall–Kier alpha value is -2.21. The molecule has 4 fully saturated rings. The molecule has 4 aliphatic rings. The van der Waals surface area contributed by atoms with Crippen molar-refractivity contribution in [3.8, 4) is 0 Å². The molecule has 4 saturated carbocycles. The maximum absolute atomic E-state index is 12.7. The van der Waals surface area contributed by atoms with Gasteiger partial charge < -0.3 is 4.90 Å². The van der Waals surface area contributed by atoms with Gasteiger partial charge in [0.1, 0.15) is 0 Å². The van der Waals surface area contributed by atoms with Gasteiger partial charge in [0, 0.05) is 35.3 Å². The summed E-state index contributed by atoms with van der Waals surface area (Å²) < 4.78 is 0. The van der Waals surface area contributed by atoms with Crippen molar-refractivity contribution < 1.29 is 9.59 Å². The summed E-state index contributed by atoms with van der Waals surface area (Å²) in [6, 6.07) is 7.48. The van der Waals surface area contributed by atoms with E-state index in [0.717, 1.165) is 42.7 Å². The Morgan fingerprint density at radius 1 is 1.07 bits per heavy atom. The van der Waals surface area contributed by atoms with E-state index in [1.165, 1.54) is 30.6 Å². The van der Waals surface area contributed by atoms with Crippen LogP contribution in [0.15, 0.2) is 35.8 Å². The lowest BCUT2D eigenvalue weighted by Crippen LogP contribution is -2.61. The first-order valence-electron chi connectivity index (χ1n) is 10.1. The molecule has 5 nitrogen and oxygen atoms in total. The number of thiazole rings is 1. The second-order valence-corrected chi connectivity index (χ2v) is 9.73. The minimum atomic E-state index is -0.175. The third kappa shape index (κ3) is 3.04. The normalized spacial score (nSPS) is 30.2. The molecule has 1 aromatic carbocycles. The van der Waals surface area contributed by atoms with Crippen molar-refractivity contribution in [1.29, 1.82) is 0 Å². The fourth-order valence-corrected chi connectivity index (χ4v) is 6.87. The molecule has 146 valence electrons. The lowest BCUT2D eigenvalue weighted by atomic mass is 9.52. The van der Waals surface area contributed by atoms with Crippen LogP contribution in [-0.4, -0.2) is 22.3 Å². The number of amides is 2. The van der Waals surface area contributed by atoms with E-state index < -0.39 is 0 Å². The summed E-state index contributed by atoms with van der Waals surface area (Å²) in [5.41, 5.74) is 1.47. The summed E-state index contributed by atoms with van der Waals surface area (Å²) in [5.74, 6) is 2.26. The number of nitrogens with zero attached hydrogens (tertiary/aromatic N) is 2. The van der Waals surface area contributed by atoms with Gasteiger partial charge >= 0.3 is 0 Å². The molecule has 0 radical (unpaired) electrons. The molecule has 1 heterocycles. The number of hydrogen-bond donors (Lipinski definition) is 1. The van der Waals surface area contributed by atoms with Crippen LogP contribution in [-0.2, 0) is 4.79 Å². The number of carbonyl (C=O) groups is 2. The minimum absolute atomic E-state index is 0.0226. The maximum atomic E-state index is 12.7. The Bertz CT molecular complexity index is 856. The maximum Gasteiger partial charge on any atom is 0.257 e. The quantitative estimate of drug-likeness (QED) is 0.815. The molecular formula is C22H25N3O2S. The number of carbonyl (C=O) groups excluding carboxylic acids is 2. The molecule has 0 spiro atoms. The van der Waals surface area contributed by atoms with Gasteiger partial charge in [-0.3, -0.25) is 14.9 Å². The third-order valence-corrected chi connectivity index (χ3v) is 7.52. The second kappa shape index (κ2) is 6.69. The number of benzene rings is 1. The van der Waals surface area contributed by atoms with Crippen LogP contribution >= 0.6 is 11.3 Å². The van der Waals surface area contributed by atoms with Gasteiger partial charge in [0.05, 0.1) is 0 Å². The molecule has 1 N–H and O–H groups in total. The van der Waals surface area contributed by atoms with Crippen LogP contribution in [0.25, 0.3) is 0 Å². The Morgan fingerprint density at radius 3 is 2.18 bits per heavy atom. The standard InChI is InChI=1S/C22H25N3O2S/c1-14(26)25(22-11-15-8-16(12-22)10-17(9-15)13-22)19-4-2-18(3-5-19)20(27)24-21-23-6-7-28-21/h2-7,15-17H,8-13H2,1H3,(H,23,24,27). The van der Waals surface area contributed by atoms with Crippen LogP contribution in [0.1, 0.15) is 55.8 Å². The summed E-state index contributed by atoms with van der Waals surface area (Å²) in [6.07, 6.45) is 9.10. The van der Waals surface area contributed by atoms with Gasteiger partial charge in [0.2, 0.25) is 5.91 Å². The lowest BCUT2D eigenvalue weighted by molar-refractivity contribution is -0.120.